The van der Waals surface area contributed by atoms with Gasteiger partial charge in [-0.1, -0.05) is 43.2 Å². The Morgan fingerprint density at radius 2 is 1.71 bits per heavy atom. The summed E-state index contributed by atoms with van der Waals surface area (Å²) >= 11 is 0. The summed E-state index contributed by atoms with van der Waals surface area (Å²) < 4.78 is 0. The number of hydrogen-bond donors (Lipinski definition) is 1. The molecule has 1 atom stereocenters. The first kappa shape index (κ1) is 24.2. The SMILES string of the molecule is CC(C)=CCN(CC(C)(C)NC(=O)C(CC(C)C)N(C)C)c1ccc(C)cc1. The summed E-state index contributed by atoms with van der Waals surface area (Å²) in [7, 11) is 3.96. The summed E-state index contributed by atoms with van der Waals surface area (Å²) in [6.07, 6.45) is 3.09. The number of rotatable bonds is 10. The molecule has 1 aromatic carbocycles. The number of anilines is 1. The lowest BCUT2D eigenvalue weighted by Crippen LogP contribution is -2.56. The van der Waals surface area contributed by atoms with Crippen LogP contribution >= 0.6 is 0 Å². The largest absolute Gasteiger partial charge is 0.365 e. The van der Waals surface area contributed by atoms with Crippen molar-refractivity contribution in [3.8, 4) is 0 Å². The molecular weight excluding hydrogens is 346 g/mol. The maximum Gasteiger partial charge on any atom is 0.237 e. The molecule has 0 aliphatic rings. The van der Waals surface area contributed by atoms with Crippen molar-refractivity contribution in [2.24, 2.45) is 5.92 Å². The van der Waals surface area contributed by atoms with Gasteiger partial charge < -0.3 is 10.2 Å². The Morgan fingerprint density at radius 3 is 2.18 bits per heavy atom. The van der Waals surface area contributed by atoms with E-state index in [1.165, 1.54) is 16.8 Å². The number of allylic oxidation sites excluding steroid dienone is 1. The Kier molecular flexibility index (Phi) is 9.22. The number of amides is 1. The predicted octanol–water partition coefficient (Wildman–Crippen LogP) is 4.64. The van der Waals surface area contributed by atoms with Crippen molar-refractivity contribution < 1.29 is 4.79 Å². The third-order valence-electron chi connectivity index (χ3n) is 4.79. The second kappa shape index (κ2) is 10.7. The van der Waals surface area contributed by atoms with Gasteiger partial charge in [-0.25, -0.2) is 0 Å². The van der Waals surface area contributed by atoms with Crippen LogP contribution in [0.4, 0.5) is 5.69 Å². The third kappa shape index (κ3) is 8.47. The molecule has 1 N–H and O–H groups in total. The number of benzene rings is 1. The fraction of sp³-hybridized carbons (Fsp3) is 0.625. The van der Waals surface area contributed by atoms with Crippen LogP contribution in [0.1, 0.15) is 53.5 Å². The molecule has 1 aromatic rings. The van der Waals surface area contributed by atoms with Gasteiger partial charge >= 0.3 is 0 Å². The van der Waals surface area contributed by atoms with E-state index < -0.39 is 0 Å². The normalized spacial score (nSPS) is 12.8. The summed E-state index contributed by atoms with van der Waals surface area (Å²) in [4.78, 5) is 17.3. The number of nitrogens with zero attached hydrogens (tertiary/aromatic N) is 2. The molecule has 0 aliphatic heterocycles. The summed E-state index contributed by atoms with van der Waals surface area (Å²) in [5.74, 6) is 0.581. The zero-order chi connectivity index (χ0) is 21.5. The Labute approximate surface area is 173 Å². The topological polar surface area (TPSA) is 35.6 Å². The van der Waals surface area contributed by atoms with Crippen LogP contribution in [0.25, 0.3) is 0 Å². The molecule has 158 valence electrons. The summed E-state index contributed by atoms with van der Waals surface area (Å²) in [5, 5.41) is 3.30. The van der Waals surface area contributed by atoms with Gasteiger partial charge in [0.15, 0.2) is 0 Å². The highest BCUT2D eigenvalue weighted by Crippen LogP contribution is 2.19. The maximum absolute atomic E-state index is 13.0. The standard InChI is InChI=1S/C24H41N3O/c1-18(2)14-15-27(21-12-10-20(5)11-13-21)17-24(6,7)25-23(28)22(26(8)9)16-19(3)4/h10-14,19,22H,15-17H2,1-9H3,(H,25,28). The first-order chi connectivity index (χ1) is 12.9. The number of carbonyl (C=O) groups excluding carboxylic acids is 1. The van der Waals surface area contributed by atoms with Gasteiger partial charge in [-0.05, 0) is 73.2 Å². The molecule has 0 spiro atoms. The van der Waals surface area contributed by atoms with E-state index in [0.29, 0.717) is 5.92 Å². The van der Waals surface area contributed by atoms with Crippen molar-refractivity contribution in [1.29, 1.82) is 0 Å². The lowest BCUT2D eigenvalue weighted by Gasteiger charge is -2.36. The molecule has 0 bridgehead atoms. The van der Waals surface area contributed by atoms with E-state index in [1.807, 2.05) is 19.0 Å². The van der Waals surface area contributed by atoms with Gasteiger partial charge in [0.2, 0.25) is 5.91 Å². The minimum absolute atomic E-state index is 0.106. The molecule has 0 aliphatic carbocycles. The second-order valence-corrected chi connectivity index (χ2v) is 9.48. The lowest BCUT2D eigenvalue weighted by molar-refractivity contribution is -0.127. The van der Waals surface area contributed by atoms with Crippen LogP contribution in [0.3, 0.4) is 0 Å². The molecule has 28 heavy (non-hydrogen) atoms. The molecule has 4 nitrogen and oxygen atoms in total. The average Bonchev–Trinajstić information content (AvgIpc) is 2.56. The van der Waals surface area contributed by atoms with Gasteiger partial charge in [0.25, 0.3) is 0 Å². The zero-order valence-electron chi connectivity index (χ0n) is 19.5. The average molecular weight is 388 g/mol. The van der Waals surface area contributed by atoms with Crippen LogP contribution in [0.5, 0.6) is 0 Å². The van der Waals surface area contributed by atoms with E-state index in [9.17, 15) is 4.79 Å². The van der Waals surface area contributed by atoms with Gasteiger partial charge in [0.05, 0.1) is 11.6 Å². The van der Waals surface area contributed by atoms with Crippen molar-refractivity contribution in [3.63, 3.8) is 0 Å². The van der Waals surface area contributed by atoms with Crippen molar-refractivity contribution in [3.05, 3.63) is 41.5 Å². The molecular formula is C24H41N3O. The van der Waals surface area contributed by atoms with E-state index >= 15 is 0 Å². The molecule has 1 amide bonds. The minimum Gasteiger partial charge on any atom is -0.365 e. The van der Waals surface area contributed by atoms with E-state index in [1.54, 1.807) is 0 Å². The first-order valence-corrected chi connectivity index (χ1v) is 10.3. The van der Waals surface area contributed by atoms with Crippen LogP contribution in [0.15, 0.2) is 35.9 Å². The van der Waals surface area contributed by atoms with E-state index in [4.69, 9.17) is 0 Å². The zero-order valence-corrected chi connectivity index (χ0v) is 19.5. The first-order valence-electron chi connectivity index (χ1n) is 10.3. The number of carbonyl (C=O) groups is 1. The predicted molar refractivity (Wildman–Crippen MR) is 122 cm³/mol. The highest BCUT2D eigenvalue weighted by Gasteiger charge is 2.29. The van der Waals surface area contributed by atoms with Crippen LogP contribution in [0.2, 0.25) is 0 Å². The summed E-state index contributed by atoms with van der Waals surface area (Å²) in [5.41, 5.74) is 3.38. The number of likely N-dealkylation sites (N-methyl/N-ethyl adjacent to an activating group) is 1. The van der Waals surface area contributed by atoms with Crippen LogP contribution in [0, 0.1) is 12.8 Å². The number of hydrogen-bond acceptors (Lipinski definition) is 3. The van der Waals surface area contributed by atoms with E-state index in [0.717, 1.165) is 19.5 Å². The van der Waals surface area contributed by atoms with Crippen LogP contribution in [-0.4, -0.2) is 49.6 Å². The fourth-order valence-electron chi connectivity index (χ4n) is 3.24. The highest BCUT2D eigenvalue weighted by atomic mass is 16.2. The monoisotopic (exact) mass is 387 g/mol. The highest BCUT2D eigenvalue weighted by molar-refractivity contribution is 5.82. The van der Waals surface area contributed by atoms with Crippen molar-refractivity contribution in [2.45, 2.75) is 66.5 Å². The summed E-state index contributed by atoms with van der Waals surface area (Å²) in [6.45, 7) is 16.4. The maximum atomic E-state index is 13.0. The Balaban J connectivity index is 2.96. The van der Waals surface area contributed by atoms with Crippen molar-refractivity contribution >= 4 is 11.6 Å². The molecule has 0 saturated carbocycles. The Hall–Kier alpha value is -1.81. The molecule has 0 saturated heterocycles. The molecule has 0 heterocycles. The molecule has 1 rings (SSSR count). The van der Waals surface area contributed by atoms with E-state index in [2.05, 4.69) is 89.0 Å². The van der Waals surface area contributed by atoms with Gasteiger partial charge in [0, 0.05) is 18.8 Å². The van der Waals surface area contributed by atoms with Gasteiger partial charge in [-0.3, -0.25) is 9.69 Å². The third-order valence-corrected chi connectivity index (χ3v) is 4.79. The van der Waals surface area contributed by atoms with Gasteiger partial charge in [-0.2, -0.15) is 0 Å². The smallest absolute Gasteiger partial charge is 0.237 e. The molecule has 1 unspecified atom stereocenters. The molecule has 0 radical (unpaired) electrons. The molecule has 0 fully saturated rings. The summed E-state index contributed by atoms with van der Waals surface area (Å²) in [6, 6.07) is 8.49. The van der Waals surface area contributed by atoms with Crippen LogP contribution < -0.4 is 10.2 Å². The Morgan fingerprint density at radius 1 is 1.14 bits per heavy atom. The van der Waals surface area contributed by atoms with Crippen molar-refractivity contribution in [2.75, 3.05) is 32.1 Å². The Bertz CT molecular complexity index is 640. The van der Waals surface area contributed by atoms with Gasteiger partial charge in [0.1, 0.15) is 0 Å². The molecule has 4 heteroatoms. The van der Waals surface area contributed by atoms with Crippen LogP contribution in [-0.2, 0) is 4.79 Å². The minimum atomic E-state index is -0.345. The lowest BCUT2D eigenvalue weighted by atomic mass is 9.99. The van der Waals surface area contributed by atoms with E-state index in [-0.39, 0.29) is 17.5 Å². The number of nitrogens with one attached hydrogen (secondary N) is 1. The van der Waals surface area contributed by atoms with Gasteiger partial charge in [-0.15, -0.1) is 0 Å². The second-order valence-electron chi connectivity index (χ2n) is 9.48. The number of aryl methyl sites for hydroxylation is 1. The van der Waals surface area contributed by atoms with Crippen molar-refractivity contribution in [1.82, 2.24) is 10.2 Å². The fourth-order valence-corrected chi connectivity index (χ4v) is 3.24. The quantitative estimate of drug-likeness (QED) is 0.594. The molecule has 0 aromatic heterocycles.